The van der Waals surface area contributed by atoms with Crippen LogP contribution in [0.4, 0.5) is 4.79 Å². The van der Waals surface area contributed by atoms with E-state index in [1.165, 1.54) is 20.7 Å². The number of hydrogen-bond acceptors (Lipinski definition) is 7. The highest BCUT2D eigenvalue weighted by Crippen LogP contribution is 2.26. The third-order valence-electron chi connectivity index (χ3n) is 5.83. The molecule has 0 radical (unpaired) electrons. The number of likely N-dealkylation sites (tertiary alicyclic amines) is 1. The number of aliphatic hydroxyl groups is 1. The molecule has 184 valence electrons. The molecule has 11 heteroatoms. The normalized spacial score (nSPS) is 19.7. The van der Waals surface area contributed by atoms with E-state index in [1.54, 1.807) is 40.0 Å². The van der Waals surface area contributed by atoms with Gasteiger partial charge in [-0.3, -0.25) is 9.59 Å². The largest absolute Gasteiger partial charge is 0.444 e. The van der Waals surface area contributed by atoms with Crippen molar-refractivity contribution >= 4 is 17.9 Å². The fraction of sp³-hybridized carbons (Fsp3) is 0.458. The van der Waals surface area contributed by atoms with Gasteiger partial charge in [0, 0.05) is 50.3 Å². The van der Waals surface area contributed by atoms with Gasteiger partial charge in [0.15, 0.2) is 11.5 Å². The van der Waals surface area contributed by atoms with Gasteiger partial charge in [0.2, 0.25) is 5.60 Å². The Morgan fingerprint density at radius 3 is 2.66 bits per heavy atom. The maximum atomic E-state index is 12.6. The van der Waals surface area contributed by atoms with Gasteiger partial charge in [0.1, 0.15) is 5.60 Å². The SMILES string of the molecule is CN1CC[C@@](O)(C#Cc2ccnc(-n3nc(C(N)=O)c4c3CCN(C(=O)OC(C)(C)C)C4)c2)C1=O. The van der Waals surface area contributed by atoms with Crippen molar-refractivity contribution in [3.63, 3.8) is 0 Å². The number of fused-ring (bicyclic) bond motifs is 1. The first-order chi connectivity index (χ1) is 16.4. The number of ether oxygens (including phenoxy) is 1. The maximum Gasteiger partial charge on any atom is 0.410 e. The van der Waals surface area contributed by atoms with Crippen LogP contribution in [0.1, 0.15) is 54.5 Å². The second-order valence-corrected chi connectivity index (χ2v) is 9.69. The summed E-state index contributed by atoms with van der Waals surface area (Å²) in [6, 6.07) is 3.30. The summed E-state index contributed by atoms with van der Waals surface area (Å²) in [6.07, 6.45) is 1.69. The first-order valence-electron chi connectivity index (χ1n) is 11.2. The summed E-state index contributed by atoms with van der Waals surface area (Å²) >= 11 is 0. The summed E-state index contributed by atoms with van der Waals surface area (Å²) in [7, 11) is 1.62. The smallest absolute Gasteiger partial charge is 0.410 e. The lowest BCUT2D eigenvalue weighted by molar-refractivity contribution is -0.137. The lowest BCUT2D eigenvalue weighted by Crippen LogP contribution is -2.40. The Bertz CT molecular complexity index is 1270. The van der Waals surface area contributed by atoms with Crippen LogP contribution in [-0.4, -0.2) is 78.9 Å². The second kappa shape index (κ2) is 8.70. The fourth-order valence-corrected chi connectivity index (χ4v) is 4.05. The van der Waals surface area contributed by atoms with Crippen LogP contribution in [0.5, 0.6) is 0 Å². The average molecular weight is 481 g/mol. The number of amides is 3. The summed E-state index contributed by atoms with van der Waals surface area (Å²) in [5.41, 5.74) is 5.05. The van der Waals surface area contributed by atoms with Crippen LogP contribution in [0.3, 0.4) is 0 Å². The summed E-state index contributed by atoms with van der Waals surface area (Å²) in [6.45, 7) is 6.29. The van der Waals surface area contributed by atoms with E-state index in [0.717, 1.165) is 0 Å². The minimum Gasteiger partial charge on any atom is -0.444 e. The number of carbonyl (C=O) groups is 3. The molecule has 1 saturated heterocycles. The van der Waals surface area contributed by atoms with E-state index in [9.17, 15) is 19.5 Å². The zero-order valence-electron chi connectivity index (χ0n) is 20.2. The number of aromatic nitrogens is 3. The van der Waals surface area contributed by atoms with Crippen LogP contribution >= 0.6 is 0 Å². The van der Waals surface area contributed by atoms with Crippen molar-refractivity contribution in [1.29, 1.82) is 0 Å². The molecule has 0 aromatic carbocycles. The van der Waals surface area contributed by atoms with Crippen LogP contribution in [0.2, 0.25) is 0 Å². The van der Waals surface area contributed by atoms with Gasteiger partial charge >= 0.3 is 6.09 Å². The molecular weight excluding hydrogens is 452 g/mol. The molecule has 2 aromatic heterocycles. The quantitative estimate of drug-likeness (QED) is 0.599. The molecule has 3 N–H and O–H groups in total. The number of carbonyl (C=O) groups excluding carboxylic acids is 3. The number of pyridine rings is 1. The van der Waals surface area contributed by atoms with Gasteiger partial charge in [0.05, 0.1) is 12.2 Å². The van der Waals surface area contributed by atoms with Crippen LogP contribution in [0.15, 0.2) is 18.3 Å². The Morgan fingerprint density at radius 2 is 2.03 bits per heavy atom. The van der Waals surface area contributed by atoms with E-state index in [2.05, 4.69) is 21.9 Å². The minimum absolute atomic E-state index is 0.0560. The highest BCUT2D eigenvalue weighted by atomic mass is 16.6. The molecule has 1 fully saturated rings. The van der Waals surface area contributed by atoms with Crippen molar-refractivity contribution in [1.82, 2.24) is 24.6 Å². The Kier molecular flexibility index (Phi) is 6.02. The predicted octanol–water partition coefficient (Wildman–Crippen LogP) is 0.604. The predicted molar refractivity (Wildman–Crippen MR) is 124 cm³/mol. The Balaban J connectivity index is 1.65. The molecule has 4 heterocycles. The van der Waals surface area contributed by atoms with Gasteiger partial charge in [0.25, 0.3) is 11.8 Å². The number of nitrogens with zero attached hydrogens (tertiary/aromatic N) is 5. The van der Waals surface area contributed by atoms with E-state index in [4.69, 9.17) is 10.5 Å². The standard InChI is InChI=1S/C24H28N6O5/c1-23(2,3)35-22(33)29-11-7-17-16(14-29)19(20(25)31)27-30(17)18-13-15(6-10-26-18)5-8-24(34)9-12-28(4)21(24)32/h6,10,13,34H,7,9,11-12,14H2,1-4H3,(H2,25,31)/t24-/m0/s1. The summed E-state index contributed by atoms with van der Waals surface area (Å²) in [5.74, 6) is 4.78. The third kappa shape index (κ3) is 4.83. The van der Waals surface area contributed by atoms with Gasteiger partial charge in [-0.1, -0.05) is 11.8 Å². The van der Waals surface area contributed by atoms with Crippen LogP contribution in [0.25, 0.3) is 5.82 Å². The molecule has 0 bridgehead atoms. The molecule has 1 atom stereocenters. The van der Waals surface area contributed by atoms with Crippen LogP contribution in [0, 0.1) is 11.8 Å². The number of nitrogens with two attached hydrogens (primary N) is 1. The fourth-order valence-electron chi connectivity index (χ4n) is 4.05. The molecule has 0 unspecified atom stereocenters. The van der Waals surface area contributed by atoms with Crippen molar-refractivity contribution in [3.05, 3.63) is 40.8 Å². The lowest BCUT2D eigenvalue weighted by atomic mass is 10.0. The number of primary amides is 1. The molecule has 2 aromatic rings. The van der Waals surface area contributed by atoms with E-state index in [0.29, 0.717) is 42.1 Å². The molecule has 0 spiro atoms. The van der Waals surface area contributed by atoms with Crippen LogP contribution < -0.4 is 5.73 Å². The van der Waals surface area contributed by atoms with E-state index in [-0.39, 0.29) is 18.7 Å². The van der Waals surface area contributed by atoms with Gasteiger partial charge < -0.3 is 25.4 Å². The molecular formula is C24H28N6O5. The lowest BCUT2D eigenvalue weighted by Gasteiger charge is -2.30. The first kappa shape index (κ1) is 24.2. The van der Waals surface area contributed by atoms with Gasteiger partial charge in [-0.25, -0.2) is 14.5 Å². The van der Waals surface area contributed by atoms with E-state index < -0.39 is 29.1 Å². The average Bonchev–Trinajstić information content (AvgIpc) is 3.30. The molecule has 3 amide bonds. The monoisotopic (exact) mass is 480 g/mol. The molecule has 35 heavy (non-hydrogen) atoms. The Morgan fingerprint density at radius 1 is 1.29 bits per heavy atom. The van der Waals surface area contributed by atoms with Crippen molar-refractivity contribution in [2.45, 2.75) is 51.4 Å². The molecule has 0 aliphatic carbocycles. The number of likely N-dealkylation sites (N-methyl/N-ethyl adjacent to an activating group) is 1. The van der Waals surface area contributed by atoms with Crippen molar-refractivity contribution in [2.75, 3.05) is 20.1 Å². The highest BCUT2D eigenvalue weighted by Gasteiger charge is 2.42. The zero-order chi connectivity index (χ0) is 25.5. The first-order valence-corrected chi connectivity index (χ1v) is 11.2. The molecule has 2 aliphatic heterocycles. The van der Waals surface area contributed by atoms with E-state index in [1.807, 2.05) is 0 Å². The van der Waals surface area contributed by atoms with Crippen molar-refractivity contribution < 1.29 is 24.2 Å². The molecule has 11 nitrogen and oxygen atoms in total. The van der Waals surface area contributed by atoms with Gasteiger partial charge in [-0.15, -0.1) is 0 Å². The molecule has 2 aliphatic rings. The maximum absolute atomic E-state index is 12.6. The Hall–Kier alpha value is -3.91. The number of rotatable bonds is 2. The summed E-state index contributed by atoms with van der Waals surface area (Å²) in [4.78, 5) is 44.2. The summed E-state index contributed by atoms with van der Waals surface area (Å²) < 4.78 is 6.98. The minimum atomic E-state index is -1.71. The zero-order valence-corrected chi connectivity index (χ0v) is 20.2. The van der Waals surface area contributed by atoms with Gasteiger partial charge in [-0.2, -0.15) is 5.10 Å². The second-order valence-electron chi connectivity index (χ2n) is 9.69. The van der Waals surface area contributed by atoms with E-state index >= 15 is 0 Å². The number of hydrogen-bond donors (Lipinski definition) is 2. The molecule has 4 rings (SSSR count). The van der Waals surface area contributed by atoms with Gasteiger partial charge in [-0.05, 0) is 32.9 Å². The van der Waals surface area contributed by atoms with Crippen molar-refractivity contribution in [2.24, 2.45) is 5.73 Å². The molecule has 0 saturated carbocycles. The summed E-state index contributed by atoms with van der Waals surface area (Å²) in [5, 5.41) is 14.9. The Labute approximate surface area is 202 Å². The van der Waals surface area contributed by atoms with Crippen LogP contribution in [-0.2, 0) is 22.5 Å². The highest BCUT2D eigenvalue weighted by molar-refractivity contribution is 5.93. The topological polar surface area (TPSA) is 144 Å². The van der Waals surface area contributed by atoms with Crippen molar-refractivity contribution in [3.8, 4) is 17.7 Å². The third-order valence-corrected chi connectivity index (χ3v) is 5.83.